The van der Waals surface area contributed by atoms with Crippen LogP contribution in [0.5, 0.6) is 5.75 Å². The zero-order valence-electron chi connectivity index (χ0n) is 30.9. The Hall–Kier alpha value is -4.44. The number of hydrogen-bond donors (Lipinski definition) is 3. The molecule has 7 rings (SSSR count). The van der Waals surface area contributed by atoms with E-state index < -0.39 is 68.7 Å². The van der Waals surface area contributed by atoms with Gasteiger partial charge in [-0.1, -0.05) is 36.2 Å². The number of thiophene rings is 1. The molecule has 4 amide bonds. The van der Waals surface area contributed by atoms with Crippen molar-refractivity contribution in [1.82, 2.24) is 20.3 Å². The van der Waals surface area contributed by atoms with Crippen LogP contribution >= 0.6 is 11.3 Å². The molecule has 3 aliphatic carbocycles. The Morgan fingerprint density at radius 3 is 2.58 bits per heavy atom. The Kier molecular flexibility index (Phi) is 11.8. The maximum Gasteiger partial charge on any atom is 0.408 e. The van der Waals surface area contributed by atoms with Crippen LogP contribution in [0.2, 0.25) is 0 Å². The van der Waals surface area contributed by atoms with E-state index in [4.69, 9.17) is 14.3 Å². The molecule has 2 aromatic rings. The lowest BCUT2D eigenvalue weighted by Crippen LogP contribution is -2.58. The first-order valence-corrected chi connectivity index (χ1v) is 21.7. The highest BCUT2D eigenvalue weighted by molar-refractivity contribution is 7.91. The number of fused-ring (bicyclic) bond motifs is 2. The van der Waals surface area contributed by atoms with Gasteiger partial charge < -0.3 is 29.8 Å². The number of alkyl carbamates (subject to hydrolysis) is 1. The van der Waals surface area contributed by atoms with Crippen molar-refractivity contribution < 1.29 is 41.9 Å². The second-order valence-electron chi connectivity index (χ2n) is 15.2. The molecule has 2 aliphatic heterocycles. The van der Waals surface area contributed by atoms with Gasteiger partial charge in [-0.2, -0.15) is 0 Å². The molecule has 4 fully saturated rings. The monoisotopic (exact) mass is 795 g/mol. The summed E-state index contributed by atoms with van der Waals surface area (Å²) in [4.78, 5) is 63.9. The van der Waals surface area contributed by atoms with Crippen molar-refractivity contribution in [2.45, 2.75) is 119 Å². The molecule has 3 heterocycles. The van der Waals surface area contributed by atoms with Crippen LogP contribution in [-0.4, -0.2) is 92.1 Å². The summed E-state index contributed by atoms with van der Waals surface area (Å²) in [5.74, 6) is -1.65. The van der Waals surface area contributed by atoms with Gasteiger partial charge in [0, 0.05) is 28.3 Å². The number of benzene rings is 1. The van der Waals surface area contributed by atoms with E-state index in [0.717, 1.165) is 54.5 Å². The van der Waals surface area contributed by atoms with Crippen molar-refractivity contribution in [2.75, 3.05) is 13.7 Å². The van der Waals surface area contributed by atoms with Gasteiger partial charge in [-0.25, -0.2) is 13.2 Å². The standard InChI is InChI=1S/C39H49N5O9S2/c1-51-28-15-18-31(34-14-9-19-54-34)25(20-28)23-40-53-29-21-33-35(45)42-39(37(47)43-55(49,50)30-16-17-30)22-26(39)10-5-3-2-4-6-13-32(36(46)44(33)24-29)41-38(48)52-27-11-7-8-12-27/h5,9-10,14-15,18-20,23,26-27,29-30,32-33H,2-4,6-8,11-13,16-17,21-22,24H2,1H3,(H,41,48)(H,42,45)(H,43,47)/b10-5-,40-23+/t26?,29-,32+,33+,39-/m1/s1. The third kappa shape index (κ3) is 9.17. The highest BCUT2D eigenvalue weighted by atomic mass is 32.2. The highest BCUT2D eigenvalue weighted by Gasteiger charge is 2.62. The number of oxime groups is 1. The minimum absolute atomic E-state index is 0.0153. The predicted molar refractivity (Wildman–Crippen MR) is 206 cm³/mol. The quantitative estimate of drug-likeness (QED) is 0.173. The molecule has 1 saturated heterocycles. The molecule has 0 radical (unpaired) electrons. The van der Waals surface area contributed by atoms with E-state index in [2.05, 4.69) is 20.5 Å². The lowest BCUT2D eigenvalue weighted by atomic mass is 10.0. The molecule has 3 saturated carbocycles. The predicted octanol–water partition coefficient (Wildman–Crippen LogP) is 4.78. The van der Waals surface area contributed by atoms with E-state index in [-0.39, 0.29) is 25.5 Å². The van der Waals surface area contributed by atoms with Crippen molar-refractivity contribution in [3.63, 3.8) is 0 Å². The summed E-state index contributed by atoms with van der Waals surface area (Å²) in [6.07, 6.45) is 11.8. The van der Waals surface area contributed by atoms with E-state index in [0.29, 0.717) is 37.9 Å². The first-order chi connectivity index (χ1) is 26.6. The molecule has 55 heavy (non-hydrogen) atoms. The number of nitrogens with zero attached hydrogens (tertiary/aromatic N) is 2. The zero-order chi connectivity index (χ0) is 38.6. The summed E-state index contributed by atoms with van der Waals surface area (Å²) >= 11 is 1.58. The number of methoxy groups -OCH3 is 1. The highest BCUT2D eigenvalue weighted by Crippen LogP contribution is 2.46. The topological polar surface area (TPSA) is 182 Å². The first kappa shape index (κ1) is 38.8. The van der Waals surface area contributed by atoms with Crippen molar-refractivity contribution in [3.8, 4) is 16.2 Å². The van der Waals surface area contributed by atoms with Gasteiger partial charge in [-0.3, -0.25) is 19.1 Å². The van der Waals surface area contributed by atoms with Crippen LogP contribution in [0.15, 0.2) is 53.0 Å². The second-order valence-corrected chi connectivity index (χ2v) is 18.1. The molecule has 296 valence electrons. The Morgan fingerprint density at radius 2 is 1.84 bits per heavy atom. The molecule has 5 aliphatic rings. The Balaban J connectivity index is 1.14. The fourth-order valence-electron chi connectivity index (χ4n) is 7.78. The van der Waals surface area contributed by atoms with Crippen LogP contribution in [0, 0.1) is 5.92 Å². The maximum absolute atomic E-state index is 14.4. The minimum atomic E-state index is -3.88. The number of hydrogen-bond acceptors (Lipinski definition) is 11. The average Bonchev–Trinajstić information content (AvgIpc) is 3.90. The van der Waals surface area contributed by atoms with Crippen LogP contribution in [0.25, 0.3) is 10.4 Å². The number of carbonyl (C=O) groups is 4. The average molecular weight is 796 g/mol. The van der Waals surface area contributed by atoms with Crippen molar-refractivity contribution in [2.24, 2.45) is 11.1 Å². The van der Waals surface area contributed by atoms with Gasteiger partial charge in [0.1, 0.15) is 35.6 Å². The lowest BCUT2D eigenvalue weighted by molar-refractivity contribution is -0.141. The van der Waals surface area contributed by atoms with Gasteiger partial charge in [0.15, 0.2) is 0 Å². The number of sulfonamides is 1. The van der Waals surface area contributed by atoms with Crippen LogP contribution in [-0.2, 0) is 34.0 Å². The van der Waals surface area contributed by atoms with Gasteiger partial charge in [0.2, 0.25) is 21.8 Å². The lowest BCUT2D eigenvalue weighted by Gasteiger charge is -2.30. The van der Waals surface area contributed by atoms with Gasteiger partial charge in [0.25, 0.3) is 5.91 Å². The number of nitrogens with one attached hydrogen (secondary N) is 3. The summed E-state index contributed by atoms with van der Waals surface area (Å²) in [7, 11) is -2.30. The Morgan fingerprint density at radius 1 is 1.04 bits per heavy atom. The smallest absolute Gasteiger partial charge is 0.408 e. The van der Waals surface area contributed by atoms with Gasteiger partial charge in [0.05, 0.1) is 25.1 Å². The maximum atomic E-state index is 14.4. The summed E-state index contributed by atoms with van der Waals surface area (Å²) in [6, 6.07) is 7.54. The summed E-state index contributed by atoms with van der Waals surface area (Å²) in [6.45, 7) is -0.0153. The van der Waals surface area contributed by atoms with Crippen LogP contribution in [0.4, 0.5) is 4.79 Å². The van der Waals surface area contributed by atoms with Crippen molar-refractivity contribution >= 4 is 51.4 Å². The third-order valence-electron chi connectivity index (χ3n) is 11.2. The van der Waals surface area contributed by atoms with E-state index in [9.17, 15) is 27.6 Å². The van der Waals surface area contributed by atoms with Gasteiger partial charge in [-0.15, -0.1) is 11.3 Å². The zero-order valence-corrected chi connectivity index (χ0v) is 32.6. The number of carbonyl (C=O) groups excluding carboxylic acids is 4. The van der Waals surface area contributed by atoms with Crippen LogP contribution in [0.3, 0.4) is 0 Å². The Labute approximate surface area is 325 Å². The molecule has 0 bridgehead atoms. The molecule has 1 unspecified atom stereocenters. The number of allylic oxidation sites excluding steroid dienone is 1. The fraction of sp³-hybridized carbons (Fsp3) is 0.564. The second kappa shape index (κ2) is 16.7. The van der Waals surface area contributed by atoms with E-state index in [1.165, 1.54) is 4.90 Å². The number of ether oxygens (including phenoxy) is 2. The SMILES string of the molecule is COc1ccc(-c2cccs2)c(/C=N/O[C@@H]2C[C@H]3C(=O)N[C@]4(C(=O)NS(=O)(=O)C5CC5)CC4/C=C\CCCCC[C@H](NC(=O)OC4CCCC4)C(=O)N3C2)c1. The molecular weight excluding hydrogens is 747 g/mol. The molecule has 5 atom stereocenters. The first-order valence-electron chi connectivity index (χ1n) is 19.3. The fourth-order valence-corrected chi connectivity index (χ4v) is 9.91. The van der Waals surface area contributed by atoms with Gasteiger partial charge in [-0.05, 0) is 93.9 Å². The molecule has 1 aromatic heterocycles. The minimum Gasteiger partial charge on any atom is -0.497 e. The molecule has 16 heteroatoms. The molecule has 3 N–H and O–H groups in total. The molecule has 14 nitrogen and oxygen atoms in total. The van der Waals surface area contributed by atoms with E-state index in [1.807, 2.05) is 47.9 Å². The summed E-state index contributed by atoms with van der Waals surface area (Å²) < 4.78 is 39.0. The van der Waals surface area contributed by atoms with E-state index in [1.54, 1.807) is 24.7 Å². The van der Waals surface area contributed by atoms with Gasteiger partial charge >= 0.3 is 6.09 Å². The van der Waals surface area contributed by atoms with E-state index >= 15 is 0 Å². The van der Waals surface area contributed by atoms with Crippen molar-refractivity contribution in [1.29, 1.82) is 0 Å². The largest absolute Gasteiger partial charge is 0.497 e. The summed E-state index contributed by atoms with van der Waals surface area (Å²) in [5.41, 5.74) is 0.181. The number of rotatable bonds is 10. The van der Waals surface area contributed by atoms with Crippen LogP contribution < -0.4 is 20.1 Å². The van der Waals surface area contributed by atoms with Crippen LogP contribution in [0.1, 0.15) is 89.0 Å². The molecule has 1 aromatic carbocycles. The molecular formula is C39H49N5O9S2. The molecule has 0 spiro atoms. The Bertz CT molecular complexity index is 1910. The van der Waals surface area contributed by atoms with Crippen molar-refractivity contribution in [3.05, 3.63) is 53.4 Å². The normalized spacial score (nSPS) is 28.3. The third-order valence-corrected chi connectivity index (χ3v) is 13.9. The number of amides is 4. The summed E-state index contributed by atoms with van der Waals surface area (Å²) in [5, 5.41) is 11.3.